The summed E-state index contributed by atoms with van der Waals surface area (Å²) in [5, 5.41) is 14.0. The number of hydrogen-bond donors (Lipinski definition) is 1. The Hall–Kier alpha value is -2.87. The highest BCUT2D eigenvalue weighted by Crippen LogP contribution is 2.21. The Bertz CT molecular complexity index is 973. The second-order valence-electron chi connectivity index (χ2n) is 8.84. The highest BCUT2D eigenvalue weighted by molar-refractivity contribution is 7.99. The van der Waals surface area contributed by atoms with E-state index in [1.165, 1.54) is 23.9 Å². The molecular weight excluding hydrogens is 450 g/mol. The van der Waals surface area contributed by atoms with Crippen molar-refractivity contribution in [3.05, 3.63) is 75.3 Å². The number of thioether (sulfide) groups is 1. The minimum atomic E-state index is -0.519. The second-order valence-corrected chi connectivity index (χ2v) is 9.82. The average molecular weight is 484 g/mol. The Morgan fingerprint density at radius 1 is 1.09 bits per heavy atom. The molecule has 0 aromatic heterocycles. The summed E-state index contributed by atoms with van der Waals surface area (Å²) in [5.41, 5.74) is 3.10. The normalized spacial score (nSPS) is 14.5. The monoisotopic (exact) mass is 483 g/mol. The van der Waals surface area contributed by atoms with E-state index >= 15 is 0 Å². The van der Waals surface area contributed by atoms with Crippen molar-refractivity contribution in [3.8, 4) is 0 Å². The molecule has 2 aromatic rings. The first-order chi connectivity index (χ1) is 16.4. The first-order valence-electron chi connectivity index (χ1n) is 11.8. The molecule has 0 spiro atoms. The molecule has 0 saturated heterocycles. The van der Waals surface area contributed by atoms with Crippen LogP contribution in [0.15, 0.2) is 48.5 Å². The van der Waals surface area contributed by atoms with Crippen LogP contribution >= 0.6 is 11.8 Å². The Labute approximate surface area is 205 Å². The van der Waals surface area contributed by atoms with Crippen molar-refractivity contribution in [2.75, 3.05) is 5.75 Å². The molecule has 8 heteroatoms. The summed E-state index contributed by atoms with van der Waals surface area (Å²) in [6.07, 6.45) is 4.81. The minimum Gasteiger partial charge on any atom is -0.352 e. The van der Waals surface area contributed by atoms with Gasteiger partial charge in [-0.15, -0.1) is 11.8 Å². The van der Waals surface area contributed by atoms with Crippen molar-refractivity contribution in [1.29, 1.82) is 0 Å². The molecule has 0 heterocycles. The van der Waals surface area contributed by atoms with E-state index in [0.29, 0.717) is 18.7 Å². The van der Waals surface area contributed by atoms with Gasteiger partial charge in [0.25, 0.3) is 5.69 Å². The lowest BCUT2D eigenvalue weighted by molar-refractivity contribution is -0.384. The summed E-state index contributed by atoms with van der Waals surface area (Å²) in [4.78, 5) is 38.6. The molecule has 0 unspecified atom stereocenters. The van der Waals surface area contributed by atoms with E-state index in [9.17, 15) is 19.7 Å². The average Bonchev–Trinajstić information content (AvgIpc) is 3.33. The molecule has 0 aliphatic heterocycles. The predicted molar refractivity (Wildman–Crippen MR) is 135 cm³/mol. The molecule has 2 aromatic carbocycles. The smallest absolute Gasteiger partial charge is 0.269 e. The Morgan fingerprint density at radius 3 is 2.29 bits per heavy atom. The number of nitro groups is 1. The highest BCUT2D eigenvalue weighted by Gasteiger charge is 2.30. The van der Waals surface area contributed by atoms with Gasteiger partial charge in [-0.2, -0.15) is 0 Å². The van der Waals surface area contributed by atoms with Crippen molar-refractivity contribution in [2.45, 2.75) is 70.3 Å². The molecule has 1 fully saturated rings. The fraction of sp³-hybridized carbons (Fsp3) is 0.462. The maximum absolute atomic E-state index is 13.3. The molecule has 1 N–H and O–H groups in total. The SMILES string of the molecule is CC[C@H](C(=O)NC1CCCC1)N(Cc1ccc(C)cc1)C(=O)CSCc1ccc([N+](=O)[O-])cc1. The predicted octanol–water partition coefficient (Wildman–Crippen LogP) is 5.00. The Kier molecular flexibility index (Phi) is 9.51. The van der Waals surface area contributed by atoms with Crippen molar-refractivity contribution in [3.63, 3.8) is 0 Å². The maximum Gasteiger partial charge on any atom is 0.269 e. The van der Waals surface area contributed by atoms with Gasteiger partial charge in [0.05, 0.1) is 10.7 Å². The molecular formula is C26H33N3O4S. The molecule has 3 rings (SSSR count). The zero-order valence-electron chi connectivity index (χ0n) is 19.9. The van der Waals surface area contributed by atoms with Gasteiger partial charge in [0.15, 0.2) is 0 Å². The summed E-state index contributed by atoms with van der Waals surface area (Å²) in [6, 6.07) is 14.1. The third-order valence-electron chi connectivity index (χ3n) is 6.20. The van der Waals surface area contributed by atoms with E-state index in [0.717, 1.165) is 42.4 Å². The number of carbonyl (C=O) groups is 2. The number of nitro benzene ring substituents is 1. The van der Waals surface area contributed by atoms with Crippen LogP contribution < -0.4 is 5.32 Å². The number of rotatable bonds is 11. The van der Waals surface area contributed by atoms with E-state index in [1.807, 2.05) is 38.1 Å². The van der Waals surface area contributed by atoms with Crippen LogP contribution in [-0.2, 0) is 21.9 Å². The topological polar surface area (TPSA) is 92.6 Å². The molecule has 1 aliphatic rings. The maximum atomic E-state index is 13.3. The molecule has 0 radical (unpaired) electrons. The number of nitrogens with one attached hydrogen (secondary N) is 1. The van der Waals surface area contributed by atoms with Crippen LogP contribution in [0.2, 0.25) is 0 Å². The molecule has 0 bridgehead atoms. The van der Waals surface area contributed by atoms with Gasteiger partial charge >= 0.3 is 0 Å². The van der Waals surface area contributed by atoms with Crippen LogP contribution in [0, 0.1) is 17.0 Å². The second kappa shape index (κ2) is 12.6. The first kappa shape index (κ1) is 25.7. The third-order valence-corrected chi connectivity index (χ3v) is 7.19. The lowest BCUT2D eigenvalue weighted by atomic mass is 10.1. The molecule has 2 amide bonds. The minimum absolute atomic E-state index is 0.0492. The number of aryl methyl sites for hydroxylation is 1. The van der Waals surface area contributed by atoms with Gasteiger partial charge in [-0.05, 0) is 37.3 Å². The van der Waals surface area contributed by atoms with Crippen LogP contribution in [0.4, 0.5) is 5.69 Å². The standard InChI is InChI=1S/C26H33N3O4S/c1-3-24(26(31)27-22-6-4-5-7-22)28(16-20-10-8-19(2)9-11-20)25(30)18-34-17-21-12-14-23(15-13-21)29(32)33/h8-15,22,24H,3-7,16-18H2,1-2H3,(H,27,31)/t24-/m1/s1. The van der Waals surface area contributed by atoms with Crippen LogP contribution in [0.25, 0.3) is 0 Å². The largest absolute Gasteiger partial charge is 0.352 e. The van der Waals surface area contributed by atoms with Crippen LogP contribution in [-0.4, -0.2) is 39.5 Å². The summed E-state index contributed by atoms with van der Waals surface area (Å²) in [7, 11) is 0. The first-order valence-corrected chi connectivity index (χ1v) is 13.0. The van der Waals surface area contributed by atoms with Crippen molar-refractivity contribution >= 4 is 29.3 Å². The van der Waals surface area contributed by atoms with Crippen molar-refractivity contribution in [1.82, 2.24) is 10.2 Å². The van der Waals surface area contributed by atoms with Gasteiger partial charge in [0.2, 0.25) is 11.8 Å². The molecule has 34 heavy (non-hydrogen) atoms. The Morgan fingerprint density at radius 2 is 1.71 bits per heavy atom. The zero-order valence-corrected chi connectivity index (χ0v) is 20.7. The quantitative estimate of drug-likeness (QED) is 0.359. The molecule has 1 aliphatic carbocycles. The van der Waals surface area contributed by atoms with Crippen LogP contribution in [0.1, 0.15) is 55.7 Å². The summed E-state index contributed by atoms with van der Waals surface area (Å²) >= 11 is 1.45. The van der Waals surface area contributed by atoms with Gasteiger partial charge < -0.3 is 10.2 Å². The lowest BCUT2D eigenvalue weighted by Crippen LogP contribution is -2.51. The number of carbonyl (C=O) groups excluding carboxylic acids is 2. The van der Waals surface area contributed by atoms with E-state index in [1.54, 1.807) is 17.0 Å². The fourth-order valence-corrected chi connectivity index (χ4v) is 5.10. The number of non-ortho nitro benzene ring substituents is 1. The van der Waals surface area contributed by atoms with Gasteiger partial charge in [-0.1, -0.05) is 61.7 Å². The number of hydrogen-bond acceptors (Lipinski definition) is 5. The number of benzene rings is 2. The molecule has 7 nitrogen and oxygen atoms in total. The summed E-state index contributed by atoms with van der Waals surface area (Å²) in [6.45, 7) is 4.34. The van der Waals surface area contributed by atoms with Gasteiger partial charge in [-0.3, -0.25) is 19.7 Å². The Balaban J connectivity index is 1.67. The van der Waals surface area contributed by atoms with Crippen LogP contribution in [0.5, 0.6) is 0 Å². The van der Waals surface area contributed by atoms with Crippen LogP contribution in [0.3, 0.4) is 0 Å². The van der Waals surface area contributed by atoms with Crippen molar-refractivity contribution in [2.24, 2.45) is 0 Å². The van der Waals surface area contributed by atoms with E-state index in [2.05, 4.69) is 5.32 Å². The third kappa shape index (κ3) is 7.32. The summed E-state index contributed by atoms with van der Waals surface area (Å²) in [5.74, 6) is 0.639. The molecule has 1 atom stereocenters. The summed E-state index contributed by atoms with van der Waals surface area (Å²) < 4.78 is 0. The van der Waals surface area contributed by atoms with Crippen molar-refractivity contribution < 1.29 is 14.5 Å². The number of amides is 2. The van der Waals surface area contributed by atoms with Gasteiger partial charge in [0, 0.05) is 30.5 Å². The highest BCUT2D eigenvalue weighted by atomic mass is 32.2. The van der Waals surface area contributed by atoms with E-state index in [-0.39, 0.29) is 29.3 Å². The van der Waals surface area contributed by atoms with E-state index in [4.69, 9.17) is 0 Å². The zero-order chi connectivity index (χ0) is 24.5. The number of nitrogens with zero attached hydrogens (tertiary/aromatic N) is 2. The fourth-order valence-electron chi connectivity index (χ4n) is 4.23. The molecule has 1 saturated carbocycles. The van der Waals surface area contributed by atoms with E-state index < -0.39 is 11.0 Å². The van der Waals surface area contributed by atoms with Gasteiger partial charge in [0.1, 0.15) is 6.04 Å². The lowest BCUT2D eigenvalue weighted by Gasteiger charge is -2.31. The van der Waals surface area contributed by atoms with Gasteiger partial charge in [-0.25, -0.2) is 0 Å². The molecule has 182 valence electrons.